The maximum absolute atomic E-state index is 12.0. The van der Waals surface area contributed by atoms with E-state index in [1.165, 1.54) is 0 Å². The van der Waals surface area contributed by atoms with Crippen LogP contribution in [0.15, 0.2) is 47.1 Å². The molecule has 1 atom stereocenters. The quantitative estimate of drug-likeness (QED) is 0.857. The molecule has 0 spiro atoms. The van der Waals surface area contributed by atoms with Crippen molar-refractivity contribution in [3.63, 3.8) is 0 Å². The van der Waals surface area contributed by atoms with E-state index < -0.39 is 0 Å². The molecule has 0 unspecified atom stereocenters. The summed E-state index contributed by atoms with van der Waals surface area (Å²) in [5.74, 6) is 0.628. The Morgan fingerprint density at radius 3 is 2.95 bits per heavy atom. The number of amides is 2. The summed E-state index contributed by atoms with van der Waals surface area (Å²) in [6, 6.07) is 12.0. The van der Waals surface area contributed by atoms with E-state index in [4.69, 9.17) is 14.4 Å². The summed E-state index contributed by atoms with van der Waals surface area (Å²) in [6.07, 6.45) is 1.55. The van der Waals surface area contributed by atoms with Gasteiger partial charge >= 0.3 is 6.03 Å². The van der Waals surface area contributed by atoms with Crippen molar-refractivity contribution in [3.05, 3.63) is 59.5 Å². The lowest BCUT2D eigenvalue weighted by molar-refractivity contribution is 0.157. The summed E-state index contributed by atoms with van der Waals surface area (Å²) in [5.41, 5.74) is 1.42. The summed E-state index contributed by atoms with van der Waals surface area (Å²) in [6.45, 7) is 0.643. The first kappa shape index (κ1) is 15.6. The van der Waals surface area contributed by atoms with E-state index >= 15 is 0 Å². The number of nitrogens with one attached hydrogen (secondary N) is 2. The number of carbonyl (C=O) groups is 1. The smallest absolute Gasteiger partial charge is 0.315 e. The highest BCUT2D eigenvalue weighted by molar-refractivity contribution is 5.74. The molecule has 22 heavy (non-hydrogen) atoms. The molecule has 1 heterocycles. The summed E-state index contributed by atoms with van der Waals surface area (Å²) in [5, 5.41) is 14.4. The average Bonchev–Trinajstić information content (AvgIpc) is 3.07. The Bertz CT molecular complexity index is 647. The SMILES string of the molecule is COC[C@H](NC(=O)NCc1cccc(C#N)c1)c1ccco1. The lowest BCUT2D eigenvalue weighted by Gasteiger charge is -2.16. The molecule has 0 aliphatic carbocycles. The summed E-state index contributed by atoms with van der Waals surface area (Å²) < 4.78 is 10.4. The first-order valence-corrected chi connectivity index (χ1v) is 6.78. The number of rotatable bonds is 6. The fraction of sp³-hybridized carbons (Fsp3) is 0.250. The van der Waals surface area contributed by atoms with Crippen molar-refractivity contribution < 1.29 is 13.9 Å². The van der Waals surface area contributed by atoms with E-state index in [1.807, 2.05) is 6.07 Å². The normalized spacial score (nSPS) is 11.5. The Labute approximate surface area is 128 Å². The van der Waals surface area contributed by atoms with Crippen molar-refractivity contribution in [2.45, 2.75) is 12.6 Å². The molecule has 0 bridgehead atoms. The molecular weight excluding hydrogens is 282 g/mol. The van der Waals surface area contributed by atoms with Crippen LogP contribution in [0.4, 0.5) is 4.79 Å². The van der Waals surface area contributed by atoms with E-state index in [9.17, 15) is 4.79 Å². The number of furan rings is 1. The van der Waals surface area contributed by atoms with Crippen LogP contribution in [0.1, 0.15) is 22.9 Å². The molecular formula is C16H17N3O3. The second-order valence-corrected chi connectivity index (χ2v) is 4.66. The van der Waals surface area contributed by atoms with Crippen LogP contribution >= 0.6 is 0 Å². The Morgan fingerprint density at radius 2 is 2.27 bits per heavy atom. The van der Waals surface area contributed by atoms with Crippen LogP contribution in [0.25, 0.3) is 0 Å². The van der Waals surface area contributed by atoms with E-state index in [2.05, 4.69) is 16.7 Å². The molecule has 0 fully saturated rings. The van der Waals surface area contributed by atoms with Crippen LogP contribution in [0, 0.1) is 11.3 Å². The molecule has 0 saturated carbocycles. The second kappa shape index (κ2) is 7.86. The summed E-state index contributed by atoms with van der Waals surface area (Å²) in [4.78, 5) is 12.0. The zero-order valence-corrected chi connectivity index (χ0v) is 12.2. The van der Waals surface area contributed by atoms with E-state index in [0.717, 1.165) is 5.56 Å². The molecule has 2 amide bonds. The van der Waals surface area contributed by atoms with Crippen molar-refractivity contribution in [1.82, 2.24) is 10.6 Å². The van der Waals surface area contributed by atoms with Crippen molar-refractivity contribution in [2.24, 2.45) is 0 Å². The van der Waals surface area contributed by atoms with Gasteiger partial charge in [-0.25, -0.2) is 4.79 Å². The number of nitrogens with zero attached hydrogens (tertiary/aromatic N) is 1. The number of carbonyl (C=O) groups excluding carboxylic acids is 1. The van der Waals surface area contributed by atoms with Gasteiger partial charge in [0.25, 0.3) is 0 Å². The van der Waals surface area contributed by atoms with Crippen molar-refractivity contribution >= 4 is 6.03 Å². The Hall–Kier alpha value is -2.78. The van der Waals surface area contributed by atoms with Gasteiger partial charge < -0.3 is 19.8 Å². The van der Waals surface area contributed by atoms with Crippen molar-refractivity contribution in [2.75, 3.05) is 13.7 Å². The fourth-order valence-corrected chi connectivity index (χ4v) is 1.99. The highest BCUT2D eigenvalue weighted by Gasteiger charge is 2.16. The topological polar surface area (TPSA) is 87.3 Å². The van der Waals surface area contributed by atoms with Crippen LogP contribution in [-0.4, -0.2) is 19.7 Å². The minimum Gasteiger partial charge on any atom is -0.467 e. The zero-order valence-electron chi connectivity index (χ0n) is 12.2. The van der Waals surface area contributed by atoms with Gasteiger partial charge in [-0.15, -0.1) is 0 Å². The third-order valence-corrected chi connectivity index (χ3v) is 3.03. The first-order chi connectivity index (χ1) is 10.7. The van der Waals surface area contributed by atoms with Crippen LogP contribution in [0.3, 0.4) is 0 Å². The molecule has 6 nitrogen and oxygen atoms in total. The van der Waals surface area contributed by atoms with E-state index in [1.54, 1.807) is 43.7 Å². The molecule has 0 aliphatic rings. The van der Waals surface area contributed by atoms with Crippen LogP contribution in [0.5, 0.6) is 0 Å². The summed E-state index contributed by atoms with van der Waals surface area (Å²) in [7, 11) is 1.56. The molecule has 114 valence electrons. The van der Waals surface area contributed by atoms with E-state index in [0.29, 0.717) is 24.5 Å². The minimum atomic E-state index is -0.356. The highest BCUT2D eigenvalue weighted by atomic mass is 16.5. The van der Waals surface area contributed by atoms with Gasteiger partial charge in [0.05, 0.1) is 24.5 Å². The molecule has 1 aromatic carbocycles. The maximum atomic E-state index is 12.0. The predicted molar refractivity (Wildman–Crippen MR) is 79.9 cm³/mol. The molecule has 6 heteroatoms. The number of methoxy groups -OCH3 is 1. The molecule has 2 rings (SSSR count). The fourth-order valence-electron chi connectivity index (χ4n) is 1.99. The third kappa shape index (κ3) is 4.36. The molecule has 0 saturated heterocycles. The van der Waals surface area contributed by atoms with Gasteiger partial charge in [-0.3, -0.25) is 0 Å². The Morgan fingerprint density at radius 1 is 1.41 bits per heavy atom. The van der Waals surface area contributed by atoms with Gasteiger partial charge in [0, 0.05) is 13.7 Å². The molecule has 1 aromatic heterocycles. The van der Waals surface area contributed by atoms with Gasteiger partial charge in [0.1, 0.15) is 11.8 Å². The van der Waals surface area contributed by atoms with Crippen LogP contribution in [0.2, 0.25) is 0 Å². The Balaban J connectivity index is 1.90. The third-order valence-electron chi connectivity index (χ3n) is 3.03. The lowest BCUT2D eigenvalue weighted by atomic mass is 10.1. The second-order valence-electron chi connectivity index (χ2n) is 4.66. The molecule has 2 N–H and O–H groups in total. The molecule has 0 aliphatic heterocycles. The van der Waals surface area contributed by atoms with Gasteiger partial charge in [-0.1, -0.05) is 12.1 Å². The average molecular weight is 299 g/mol. The first-order valence-electron chi connectivity index (χ1n) is 6.78. The molecule has 0 radical (unpaired) electrons. The van der Waals surface area contributed by atoms with Gasteiger partial charge in [-0.2, -0.15) is 5.26 Å². The number of hydrogen-bond acceptors (Lipinski definition) is 4. The Kier molecular flexibility index (Phi) is 5.57. The largest absolute Gasteiger partial charge is 0.467 e. The molecule has 2 aromatic rings. The maximum Gasteiger partial charge on any atom is 0.315 e. The van der Waals surface area contributed by atoms with E-state index in [-0.39, 0.29) is 12.1 Å². The van der Waals surface area contributed by atoms with Crippen LogP contribution < -0.4 is 10.6 Å². The van der Waals surface area contributed by atoms with Gasteiger partial charge in [0.15, 0.2) is 0 Å². The number of benzene rings is 1. The van der Waals surface area contributed by atoms with Crippen molar-refractivity contribution in [3.8, 4) is 6.07 Å². The minimum absolute atomic E-state index is 0.310. The van der Waals surface area contributed by atoms with Crippen LogP contribution in [-0.2, 0) is 11.3 Å². The van der Waals surface area contributed by atoms with Gasteiger partial charge in [-0.05, 0) is 29.8 Å². The predicted octanol–water partition coefficient (Wildman–Crippen LogP) is 2.34. The number of hydrogen-bond donors (Lipinski definition) is 2. The number of ether oxygens (including phenoxy) is 1. The van der Waals surface area contributed by atoms with Crippen molar-refractivity contribution in [1.29, 1.82) is 5.26 Å². The lowest BCUT2D eigenvalue weighted by Crippen LogP contribution is -2.39. The summed E-state index contributed by atoms with van der Waals surface area (Å²) >= 11 is 0. The standard InChI is InChI=1S/C16H17N3O3/c1-21-11-14(15-6-3-7-22-15)19-16(20)18-10-13-5-2-4-12(8-13)9-17/h2-8,14H,10-11H2,1H3,(H2,18,19,20)/t14-/m0/s1. The monoisotopic (exact) mass is 299 g/mol. The number of nitriles is 1. The zero-order chi connectivity index (χ0) is 15.8. The number of urea groups is 1. The highest BCUT2D eigenvalue weighted by Crippen LogP contribution is 2.13. The van der Waals surface area contributed by atoms with Gasteiger partial charge in [0.2, 0.25) is 0 Å².